The lowest BCUT2D eigenvalue weighted by Gasteiger charge is -2.61. The molecular weight excluding hydrogens is 244 g/mol. The molecule has 5 rings (SSSR count). The van der Waals surface area contributed by atoms with Gasteiger partial charge in [-0.1, -0.05) is 0 Å². The number of nitrogens with zero attached hydrogens (tertiary/aromatic N) is 1. The first-order valence-corrected chi connectivity index (χ1v) is 9.05. The Morgan fingerprint density at radius 3 is 2.10 bits per heavy atom. The van der Waals surface area contributed by atoms with E-state index in [1.165, 1.54) is 13.1 Å². The maximum atomic E-state index is 3.65. The van der Waals surface area contributed by atoms with Gasteiger partial charge in [0.05, 0.1) is 0 Å². The summed E-state index contributed by atoms with van der Waals surface area (Å²) < 4.78 is 0. The Bertz CT molecular complexity index is 342. The Hall–Kier alpha value is -0.0800. The van der Waals surface area contributed by atoms with Gasteiger partial charge in [-0.25, -0.2) is 0 Å². The molecule has 2 nitrogen and oxygen atoms in total. The monoisotopic (exact) mass is 276 g/mol. The van der Waals surface area contributed by atoms with Crippen LogP contribution in [0.3, 0.4) is 0 Å². The molecule has 114 valence electrons. The molecule has 5 aliphatic rings. The summed E-state index contributed by atoms with van der Waals surface area (Å²) in [6.45, 7) is 9.78. The molecule has 5 fully saturated rings. The maximum absolute atomic E-state index is 3.65. The molecule has 1 saturated heterocycles. The third kappa shape index (κ3) is 2.06. The van der Waals surface area contributed by atoms with Gasteiger partial charge in [-0.15, -0.1) is 0 Å². The molecule has 3 atom stereocenters. The third-order valence-electron chi connectivity index (χ3n) is 7.28. The lowest BCUT2D eigenvalue weighted by molar-refractivity contribution is -0.107. The van der Waals surface area contributed by atoms with Gasteiger partial charge in [0.25, 0.3) is 0 Å². The van der Waals surface area contributed by atoms with E-state index in [-0.39, 0.29) is 0 Å². The first kappa shape index (κ1) is 13.6. The second kappa shape index (κ2) is 4.71. The summed E-state index contributed by atoms with van der Waals surface area (Å²) in [5.74, 6) is 3.25. The first-order valence-electron chi connectivity index (χ1n) is 9.05. The standard InChI is InChI=1S/C18H32N2/c1-12-11-20(13(2)10-19-12)14(3)18-7-15-4-16(8-18)6-17(5-15)9-18/h12-17,19H,4-11H2,1-3H3. The fourth-order valence-corrected chi connectivity index (χ4v) is 6.63. The fourth-order valence-electron chi connectivity index (χ4n) is 6.63. The zero-order valence-corrected chi connectivity index (χ0v) is 13.6. The zero-order chi connectivity index (χ0) is 13.9. The quantitative estimate of drug-likeness (QED) is 0.833. The second-order valence-corrected chi connectivity index (χ2v) is 8.81. The topological polar surface area (TPSA) is 15.3 Å². The molecule has 0 aromatic heterocycles. The molecule has 4 bridgehead atoms. The van der Waals surface area contributed by atoms with E-state index in [1.807, 2.05) is 0 Å². The van der Waals surface area contributed by atoms with Crippen LogP contribution in [0.2, 0.25) is 0 Å². The molecule has 0 spiro atoms. The fraction of sp³-hybridized carbons (Fsp3) is 1.00. The Kier molecular flexibility index (Phi) is 3.20. The number of nitrogens with one attached hydrogen (secondary N) is 1. The van der Waals surface area contributed by atoms with Gasteiger partial charge >= 0.3 is 0 Å². The Balaban J connectivity index is 1.56. The van der Waals surface area contributed by atoms with Crippen molar-refractivity contribution >= 4 is 0 Å². The molecule has 0 amide bonds. The van der Waals surface area contributed by atoms with Crippen molar-refractivity contribution in [2.75, 3.05) is 13.1 Å². The summed E-state index contributed by atoms with van der Waals surface area (Å²) in [7, 11) is 0. The molecule has 2 heteroatoms. The summed E-state index contributed by atoms with van der Waals surface area (Å²) in [6, 6.07) is 2.19. The SMILES string of the molecule is CC1CN(C(C)C23CC4CC(CC(C4)C2)C3)C(C)CN1. The summed E-state index contributed by atoms with van der Waals surface area (Å²) in [6.07, 6.45) is 9.35. The number of hydrogen-bond acceptors (Lipinski definition) is 2. The molecule has 1 aliphatic heterocycles. The highest BCUT2D eigenvalue weighted by Crippen LogP contribution is 2.62. The number of hydrogen-bond donors (Lipinski definition) is 1. The van der Waals surface area contributed by atoms with Crippen molar-refractivity contribution < 1.29 is 0 Å². The maximum Gasteiger partial charge on any atom is 0.0196 e. The van der Waals surface area contributed by atoms with E-state index >= 15 is 0 Å². The van der Waals surface area contributed by atoms with Crippen LogP contribution in [-0.2, 0) is 0 Å². The van der Waals surface area contributed by atoms with Gasteiger partial charge in [0.15, 0.2) is 0 Å². The summed E-state index contributed by atoms with van der Waals surface area (Å²) in [4.78, 5) is 2.86. The Morgan fingerprint density at radius 2 is 1.55 bits per heavy atom. The van der Waals surface area contributed by atoms with Crippen molar-refractivity contribution in [3.63, 3.8) is 0 Å². The zero-order valence-electron chi connectivity index (χ0n) is 13.6. The van der Waals surface area contributed by atoms with Crippen LogP contribution < -0.4 is 5.32 Å². The molecule has 1 N–H and O–H groups in total. The van der Waals surface area contributed by atoms with Crippen LogP contribution in [0.5, 0.6) is 0 Å². The minimum atomic E-state index is 0.669. The van der Waals surface area contributed by atoms with Crippen molar-refractivity contribution in [1.29, 1.82) is 0 Å². The van der Waals surface area contributed by atoms with Gasteiger partial charge in [0.2, 0.25) is 0 Å². The first-order chi connectivity index (χ1) is 9.56. The van der Waals surface area contributed by atoms with E-state index < -0.39 is 0 Å². The molecule has 4 saturated carbocycles. The average molecular weight is 276 g/mol. The lowest BCUT2D eigenvalue weighted by atomic mass is 9.47. The van der Waals surface area contributed by atoms with Crippen molar-refractivity contribution in [1.82, 2.24) is 10.2 Å². The smallest absolute Gasteiger partial charge is 0.0196 e. The van der Waals surface area contributed by atoms with Gasteiger partial charge < -0.3 is 5.32 Å². The molecule has 1 heterocycles. The Morgan fingerprint density at radius 1 is 1.00 bits per heavy atom. The number of piperazine rings is 1. The molecule has 0 radical (unpaired) electrons. The minimum Gasteiger partial charge on any atom is -0.311 e. The number of rotatable bonds is 2. The highest BCUT2D eigenvalue weighted by Gasteiger charge is 2.54. The van der Waals surface area contributed by atoms with Gasteiger partial charge in [-0.3, -0.25) is 4.90 Å². The predicted octanol–water partition coefficient (Wildman–Crippen LogP) is 3.27. The van der Waals surface area contributed by atoms with Crippen molar-refractivity contribution in [3.05, 3.63) is 0 Å². The highest BCUT2D eigenvalue weighted by molar-refractivity contribution is 5.06. The van der Waals surface area contributed by atoms with E-state index in [9.17, 15) is 0 Å². The van der Waals surface area contributed by atoms with Crippen LogP contribution in [0.4, 0.5) is 0 Å². The normalized spacial score (nSPS) is 53.2. The van der Waals surface area contributed by atoms with Gasteiger partial charge in [-0.05, 0) is 82.5 Å². The third-order valence-corrected chi connectivity index (χ3v) is 7.28. The van der Waals surface area contributed by atoms with Gasteiger partial charge in [-0.2, -0.15) is 0 Å². The van der Waals surface area contributed by atoms with E-state index in [0.717, 1.165) is 23.8 Å². The summed E-state index contributed by atoms with van der Waals surface area (Å²) in [5.41, 5.74) is 0.681. The molecule has 0 aromatic rings. The molecule has 3 unspecified atom stereocenters. The lowest BCUT2D eigenvalue weighted by Crippen LogP contribution is -2.63. The van der Waals surface area contributed by atoms with Crippen LogP contribution in [-0.4, -0.2) is 36.1 Å². The van der Waals surface area contributed by atoms with Crippen LogP contribution in [0.15, 0.2) is 0 Å². The largest absolute Gasteiger partial charge is 0.311 e. The van der Waals surface area contributed by atoms with E-state index in [1.54, 1.807) is 38.5 Å². The minimum absolute atomic E-state index is 0.669. The van der Waals surface area contributed by atoms with Crippen LogP contribution in [0.1, 0.15) is 59.3 Å². The van der Waals surface area contributed by atoms with Gasteiger partial charge in [0, 0.05) is 31.2 Å². The van der Waals surface area contributed by atoms with Crippen LogP contribution in [0.25, 0.3) is 0 Å². The van der Waals surface area contributed by atoms with Crippen molar-refractivity contribution in [2.24, 2.45) is 23.2 Å². The predicted molar refractivity (Wildman–Crippen MR) is 83.7 cm³/mol. The average Bonchev–Trinajstić information content (AvgIpc) is 2.39. The molecule has 20 heavy (non-hydrogen) atoms. The van der Waals surface area contributed by atoms with E-state index in [2.05, 4.69) is 31.0 Å². The molecule has 0 aromatic carbocycles. The molecular formula is C18H32N2. The van der Waals surface area contributed by atoms with Crippen molar-refractivity contribution in [2.45, 2.75) is 77.4 Å². The summed E-state index contributed by atoms with van der Waals surface area (Å²) >= 11 is 0. The van der Waals surface area contributed by atoms with Crippen LogP contribution in [0, 0.1) is 23.2 Å². The summed E-state index contributed by atoms with van der Waals surface area (Å²) in [5, 5.41) is 3.65. The molecule has 4 aliphatic carbocycles. The van der Waals surface area contributed by atoms with Crippen molar-refractivity contribution in [3.8, 4) is 0 Å². The highest BCUT2D eigenvalue weighted by atomic mass is 15.3. The Labute approximate surface area is 124 Å². The van der Waals surface area contributed by atoms with Gasteiger partial charge in [0.1, 0.15) is 0 Å². The van der Waals surface area contributed by atoms with E-state index in [0.29, 0.717) is 17.5 Å². The van der Waals surface area contributed by atoms with E-state index in [4.69, 9.17) is 0 Å². The second-order valence-electron chi connectivity index (χ2n) is 8.81. The van der Waals surface area contributed by atoms with Crippen LogP contribution >= 0.6 is 0 Å².